The lowest BCUT2D eigenvalue weighted by Gasteiger charge is -2.11. The largest absolute Gasteiger partial charge is 0.493 e. The molecule has 3 aromatic rings. The van der Waals surface area contributed by atoms with Gasteiger partial charge in [-0.25, -0.2) is 4.39 Å². The van der Waals surface area contributed by atoms with Gasteiger partial charge in [-0.3, -0.25) is 4.99 Å². The van der Waals surface area contributed by atoms with Crippen molar-refractivity contribution in [1.29, 1.82) is 0 Å². The van der Waals surface area contributed by atoms with Crippen molar-refractivity contribution in [3.8, 4) is 11.5 Å². The maximum Gasteiger partial charge on any atom is 0.161 e. The first-order valence-corrected chi connectivity index (χ1v) is 8.09. The van der Waals surface area contributed by atoms with E-state index in [4.69, 9.17) is 15.2 Å². The molecular formula is C21H19FN2O2. The number of nitrogens with two attached hydrogens (primary N) is 1. The van der Waals surface area contributed by atoms with E-state index in [2.05, 4.69) is 4.99 Å². The highest BCUT2D eigenvalue weighted by Crippen LogP contribution is 2.28. The fourth-order valence-electron chi connectivity index (χ4n) is 2.43. The van der Waals surface area contributed by atoms with Crippen LogP contribution in [0.25, 0.3) is 0 Å². The Balaban J connectivity index is 1.73. The summed E-state index contributed by atoms with van der Waals surface area (Å²) < 4.78 is 24.4. The lowest BCUT2D eigenvalue weighted by atomic mass is 10.2. The highest BCUT2D eigenvalue weighted by molar-refractivity contribution is 5.83. The standard InChI is InChI=1S/C21H19FN2O2/c1-25-21-11-15(13-24-19-7-3-5-17(22)12-19)8-9-20(21)26-14-16-4-2-6-18(23)10-16/h2-13H,14,23H2,1H3. The summed E-state index contributed by atoms with van der Waals surface area (Å²) in [5.41, 5.74) is 8.82. The van der Waals surface area contributed by atoms with Gasteiger partial charge in [-0.15, -0.1) is 0 Å². The summed E-state index contributed by atoms with van der Waals surface area (Å²) in [7, 11) is 1.58. The molecule has 0 radical (unpaired) electrons. The Labute approximate surface area is 151 Å². The molecule has 0 amide bonds. The molecule has 0 spiro atoms. The molecule has 0 heterocycles. The Morgan fingerprint density at radius 3 is 2.62 bits per heavy atom. The van der Waals surface area contributed by atoms with E-state index < -0.39 is 0 Å². The van der Waals surface area contributed by atoms with Crippen molar-refractivity contribution in [1.82, 2.24) is 0 Å². The van der Waals surface area contributed by atoms with Crippen LogP contribution in [0.4, 0.5) is 15.8 Å². The minimum absolute atomic E-state index is 0.317. The molecule has 0 aliphatic carbocycles. The fraction of sp³-hybridized carbons (Fsp3) is 0.0952. The van der Waals surface area contributed by atoms with Gasteiger partial charge in [0, 0.05) is 11.9 Å². The van der Waals surface area contributed by atoms with Gasteiger partial charge in [0.1, 0.15) is 12.4 Å². The molecular weight excluding hydrogens is 331 g/mol. The lowest BCUT2D eigenvalue weighted by molar-refractivity contribution is 0.284. The van der Waals surface area contributed by atoms with Crippen molar-refractivity contribution >= 4 is 17.6 Å². The first-order chi connectivity index (χ1) is 12.6. The number of benzene rings is 3. The number of halogens is 1. The number of ether oxygens (including phenoxy) is 2. The number of methoxy groups -OCH3 is 1. The second kappa shape index (κ2) is 8.16. The highest BCUT2D eigenvalue weighted by Gasteiger charge is 2.06. The fourth-order valence-corrected chi connectivity index (χ4v) is 2.43. The van der Waals surface area contributed by atoms with Gasteiger partial charge in [0.05, 0.1) is 12.8 Å². The van der Waals surface area contributed by atoms with Crippen LogP contribution in [-0.2, 0) is 6.61 Å². The number of anilines is 1. The molecule has 0 unspecified atom stereocenters. The molecule has 0 aliphatic heterocycles. The first-order valence-electron chi connectivity index (χ1n) is 8.09. The van der Waals surface area contributed by atoms with E-state index in [9.17, 15) is 4.39 Å². The maximum absolute atomic E-state index is 13.2. The predicted molar refractivity (Wildman–Crippen MR) is 102 cm³/mol. The number of nitrogen functional groups attached to an aromatic ring is 1. The predicted octanol–water partition coefficient (Wildman–Crippen LogP) is 4.75. The highest BCUT2D eigenvalue weighted by atomic mass is 19.1. The van der Waals surface area contributed by atoms with Crippen molar-refractivity contribution in [3.63, 3.8) is 0 Å². The van der Waals surface area contributed by atoms with Crippen LogP contribution in [0.2, 0.25) is 0 Å². The summed E-state index contributed by atoms with van der Waals surface area (Å²) in [5.74, 6) is 0.900. The molecule has 0 saturated heterocycles. The Morgan fingerprint density at radius 1 is 1.00 bits per heavy atom. The van der Waals surface area contributed by atoms with Gasteiger partial charge >= 0.3 is 0 Å². The maximum atomic E-state index is 13.2. The molecule has 132 valence electrons. The van der Waals surface area contributed by atoms with Crippen LogP contribution in [-0.4, -0.2) is 13.3 Å². The van der Waals surface area contributed by atoms with Crippen LogP contribution in [0.5, 0.6) is 11.5 Å². The Morgan fingerprint density at radius 2 is 1.85 bits per heavy atom. The van der Waals surface area contributed by atoms with Gasteiger partial charge in [-0.2, -0.15) is 0 Å². The third-order valence-corrected chi connectivity index (χ3v) is 3.70. The Bertz CT molecular complexity index is 925. The summed E-state index contributed by atoms with van der Waals surface area (Å²) in [6.07, 6.45) is 1.65. The molecule has 0 aromatic heterocycles. The van der Waals surface area contributed by atoms with Gasteiger partial charge in [-0.1, -0.05) is 18.2 Å². The molecule has 0 saturated carbocycles. The lowest BCUT2D eigenvalue weighted by Crippen LogP contribution is -1.99. The summed E-state index contributed by atoms with van der Waals surface area (Å²) in [4.78, 5) is 4.27. The van der Waals surface area contributed by atoms with Crippen molar-refractivity contribution in [2.45, 2.75) is 6.61 Å². The average molecular weight is 350 g/mol. The molecule has 4 nitrogen and oxygen atoms in total. The zero-order valence-corrected chi connectivity index (χ0v) is 14.4. The van der Waals surface area contributed by atoms with E-state index in [0.29, 0.717) is 29.5 Å². The van der Waals surface area contributed by atoms with Crippen LogP contribution in [0.3, 0.4) is 0 Å². The Kier molecular flexibility index (Phi) is 5.49. The average Bonchev–Trinajstić information content (AvgIpc) is 2.65. The molecule has 3 aromatic carbocycles. The summed E-state index contributed by atoms with van der Waals surface area (Å²) in [6, 6.07) is 19.1. The molecule has 26 heavy (non-hydrogen) atoms. The van der Waals surface area contributed by atoms with Gasteiger partial charge < -0.3 is 15.2 Å². The van der Waals surface area contributed by atoms with Crippen molar-refractivity contribution in [2.75, 3.05) is 12.8 Å². The SMILES string of the molecule is COc1cc(C=Nc2cccc(F)c2)ccc1OCc1cccc(N)c1. The molecule has 5 heteroatoms. The van der Waals surface area contributed by atoms with Crippen LogP contribution < -0.4 is 15.2 Å². The van der Waals surface area contributed by atoms with Crippen molar-refractivity contribution in [2.24, 2.45) is 4.99 Å². The molecule has 0 aliphatic rings. The molecule has 0 atom stereocenters. The second-order valence-corrected chi connectivity index (χ2v) is 5.68. The van der Waals surface area contributed by atoms with Crippen LogP contribution in [0, 0.1) is 5.82 Å². The Hall–Kier alpha value is -3.34. The van der Waals surface area contributed by atoms with E-state index in [1.54, 1.807) is 25.5 Å². The van der Waals surface area contributed by atoms with Crippen LogP contribution >= 0.6 is 0 Å². The van der Waals surface area contributed by atoms with Gasteiger partial charge in [-0.05, 0) is 59.7 Å². The molecule has 2 N–H and O–H groups in total. The van der Waals surface area contributed by atoms with E-state index in [0.717, 1.165) is 11.1 Å². The van der Waals surface area contributed by atoms with Crippen molar-refractivity contribution in [3.05, 3.63) is 83.7 Å². The van der Waals surface area contributed by atoms with Gasteiger partial charge in [0.15, 0.2) is 11.5 Å². The van der Waals surface area contributed by atoms with Crippen molar-refractivity contribution < 1.29 is 13.9 Å². The summed E-state index contributed by atoms with van der Waals surface area (Å²) >= 11 is 0. The number of rotatable bonds is 6. The molecule has 0 bridgehead atoms. The number of aliphatic imine (C=N–C) groups is 1. The van der Waals surface area contributed by atoms with Gasteiger partial charge in [0.2, 0.25) is 0 Å². The third-order valence-electron chi connectivity index (χ3n) is 3.70. The second-order valence-electron chi connectivity index (χ2n) is 5.68. The van der Waals surface area contributed by atoms with Crippen LogP contribution in [0.1, 0.15) is 11.1 Å². The zero-order valence-electron chi connectivity index (χ0n) is 14.4. The topological polar surface area (TPSA) is 56.8 Å². The van der Waals surface area contributed by atoms with Gasteiger partial charge in [0.25, 0.3) is 0 Å². The minimum atomic E-state index is -0.317. The van der Waals surface area contributed by atoms with Crippen LogP contribution in [0.15, 0.2) is 71.7 Å². The minimum Gasteiger partial charge on any atom is -0.493 e. The quantitative estimate of drug-likeness (QED) is 0.516. The molecule has 3 rings (SSSR count). The monoisotopic (exact) mass is 350 g/mol. The molecule has 0 fully saturated rings. The summed E-state index contributed by atoms with van der Waals surface area (Å²) in [5, 5.41) is 0. The van der Waals surface area contributed by atoms with E-state index in [-0.39, 0.29) is 5.82 Å². The van der Waals surface area contributed by atoms with E-state index >= 15 is 0 Å². The van der Waals surface area contributed by atoms with E-state index in [1.807, 2.05) is 42.5 Å². The first kappa shape index (κ1) is 17.5. The number of hydrogen-bond donors (Lipinski definition) is 1. The van der Waals surface area contributed by atoms with E-state index in [1.165, 1.54) is 12.1 Å². The zero-order chi connectivity index (χ0) is 18.4. The smallest absolute Gasteiger partial charge is 0.161 e. The number of hydrogen-bond acceptors (Lipinski definition) is 4. The third kappa shape index (κ3) is 4.60. The number of nitrogens with zero attached hydrogens (tertiary/aromatic N) is 1. The summed E-state index contributed by atoms with van der Waals surface area (Å²) in [6.45, 7) is 0.387. The normalized spacial score (nSPS) is 10.8.